The Bertz CT molecular complexity index is 498. The first-order valence-electron chi connectivity index (χ1n) is 4.88. The lowest BCUT2D eigenvalue weighted by Crippen LogP contribution is -1.84. The van der Waals surface area contributed by atoms with Crippen molar-refractivity contribution in [2.24, 2.45) is 0 Å². The molecule has 0 aliphatic heterocycles. The van der Waals surface area contributed by atoms with Crippen molar-refractivity contribution in [3.8, 4) is 0 Å². The summed E-state index contributed by atoms with van der Waals surface area (Å²) in [5.74, 6) is 0. The van der Waals surface area contributed by atoms with Crippen molar-refractivity contribution >= 4 is 59.8 Å². The summed E-state index contributed by atoms with van der Waals surface area (Å²) in [6, 6.07) is 10.4. The Kier molecular flexibility index (Phi) is 6.02. The molecule has 2 nitrogen and oxygen atoms in total. The summed E-state index contributed by atoms with van der Waals surface area (Å²) in [5, 5.41) is 1.29. The highest BCUT2D eigenvalue weighted by molar-refractivity contribution is 7.80. The van der Waals surface area contributed by atoms with Crippen LogP contribution in [0, 0.1) is 0 Å². The van der Waals surface area contributed by atoms with E-state index in [1.165, 1.54) is 0 Å². The summed E-state index contributed by atoms with van der Waals surface area (Å²) in [6.45, 7) is 0. The van der Waals surface area contributed by atoms with E-state index in [-0.39, 0.29) is 0 Å². The SMILES string of the molecule is Nc1cc(Cl)ccc1S.Nc1cc(Cl)ccc1S. The number of halogens is 2. The fourth-order valence-corrected chi connectivity index (χ4v) is 1.69. The molecule has 0 spiro atoms. The van der Waals surface area contributed by atoms with E-state index in [0.717, 1.165) is 9.79 Å². The molecule has 0 saturated carbocycles. The number of hydrogen-bond donors (Lipinski definition) is 4. The molecule has 2 aromatic carbocycles. The van der Waals surface area contributed by atoms with Crippen molar-refractivity contribution in [1.82, 2.24) is 0 Å². The Hall–Kier alpha value is -0.680. The lowest BCUT2D eigenvalue weighted by atomic mass is 10.3. The fraction of sp³-hybridized carbons (Fsp3) is 0. The van der Waals surface area contributed by atoms with E-state index in [1.807, 2.05) is 0 Å². The predicted octanol–water partition coefficient (Wildman–Crippen LogP) is 4.42. The number of hydrogen-bond acceptors (Lipinski definition) is 4. The average molecular weight is 319 g/mol. The standard InChI is InChI=1S/2C6H6ClNS/c2*7-4-1-2-6(9)5(8)3-4/h2*1-3,9H,8H2. The molecule has 96 valence electrons. The fourth-order valence-electron chi connectivity index (χ4n) is 1.05. The zero-order valence-corrected chi connectivity index (χ0v) is 12.6. The van der Waals surface area contributed by atoms with Crippen LogP contribution in [0.1, 0.15) is 0 Å². The molecule has 0 atom stereocenters. The molecular weight excluding hydrogens is 307 g/mol. The van der Waals surface area contributed by atoms with E-state index < -0.39 is 0 Å². The molecule has 2 rings (SSSR count). The number of anilines is 2. The summed E-state index contributed by atoms with van der Waals surface area (Å²) < 4.78 is 0. The van der Waals surface area contributed by atoms with E-state index in [9.17, 15) is 0 Å². The molecule has 0 radical (unpaired) electrons. The van der Waals surface area contributed by atoms with Crippen LogP contribution in [-0.2, 0) is 0 Å². The summed E-state index contributed by atoms with van der Waals surface area (Å²) >= 11 is 19.3. The second-order valence-corrected chi connectivity index (χ2v) is 5.24. The number of rotatable bonds is 0. The topological polar surface area (TPSA) is 52.0 Å². The largest absolute Gasteiger partial charge is 0.398 e. The first-order valence-corrected chi connectivity index (χ1v) is 6.53. The summed E-state index contributed by atoms with van der Waals surface area (Å²) in [4.78, 5) is 1.53. The normalized spacial score (nSPS) is 9.56. The molecule has 2 aromatic rings. The maximum Gasteiger partial charge on any atom is 0.0464 e. The van der Waals surface area contributed by atoms with Crippen LogP contribution in [0.3, 0.4) is 0 Å². The van der Waals surface area contributed by atoms with Gasteiger partial charge >= 0.3 is 0 Å². The zero-order chi connectivity index (χ0) is 13.7. The predicted molar refractivity (Wildman–Crippen MR) is 86.2 cm³/mol. The van der Waals surface area contributed by atoms with Crippen LogP contribution < -0.4 is 11.5 Å². The lowest BCUT2D eigenvalue weighted by Gasteiger charge is -1.96. The van der Waals surface area contributed by atoms with Crippen LogP contribution in [0.15, 0.2) is 46.2 Å². The van der Waals surface area contributed by atoms with Gasteiger partial charge in [0.1, 0.15) is 0 Å². The first-order chi connectivity index (χ1) is 8.40. The van der Waals surface area contributed by atoms with Gasteiger partial charge in [-0.3, -0.25) is 0 Å². The molecule has 0 bridgehead atoms. The van der Waals surface area contributed by atoms with Gasteiger partial charge in [-0.2, -0.15) is 0 Å². The maximum atomic E-state index is 5.60. The van der Waals surface area contributed by atoms with E-state index in [4.69, 9.17) is 34.7 Å². The van der Waals surface area contributed by atoms with Gasteiger partial charge in [-0.15, -0.1) is 25.3 Å². The third-order valence-corrected chi connectivity index (χ3v) is 3.26. The number of benzene rings is 2. The quantitative estimate of drug-likeness (QED) is 0.429. The summed E-state index contributed by atoms with van der Waals surface area (Å²) in [6.07, 6.45) is 0. The van der Waals surface area contributed by atoms with Gasteiger partial charge in [-0.1, -0.05) is 23.2 Å². The third kappa shape index (κ3) is 4.90. The zero-order valence-electron chi connectivity index (χ0n) is 9.27. The molecule has 0 unspecified atom stereocenters. The Balaban J connectivity index is 0.000000180. The molecular formula is C12H12Cl2N2S2. The molecule has 0 amide bonds. The molecule has 6 heteroatoms. The second-order valence-electron chi connectivity index (χ2n) is 3.41. The Morgan fingerprint density at radius 2 is 1.06 bits per heavy atom. The van der Waals surface area contributed by atoms with Crippen molar-refractivity contribution < 1.29 is 0 Å². The van der Waals surface area contributed by atoms with Crippen molar-refractivity contribution in [3.05, 3.63) is 46.4 Å². The van der Waals surface area contributed by atoms with Crippen LogP contribution in [-0.4, -0.2) is 0 Å². The number of nitrogen functional groups attached to an aromatic ring is 2. The Morgan fingerprint density at radius 3 is 1.28 bits per heavy atom. The molecule has 0 fully saturated rings. The van der Waals surface area contributed by atoms with E-state index in [2.05, 4.69) is 25.3 Å². The lowest BCUT2D eigenvalue weighted by molar-refractivity contribution is 1.48. The summed E-state index contributed by atoms with van der Waals surface area (Å²) in [7, 11) is 0. The average Bonchev–Trinajstić information content (AvgIpc) is 2.30. The van der Waals surface area contributed by atoms with Gasteiger partial charge in [-0.25, -0.2) is 0 Å². The highest BCUT2D eigenvalue weighted by Crippen LogP contribution is 2.20. The molecule has 18 heavy (non-hydrogen) atoms. The van der Waals surface area contributed by atoms with Gasteiger partial charge in [-0.05, 0) is 36.4 Å². The Morgan fingerprint density at radius 1 is 0.722 bits per heavy atom. The van der Waals surface area contributed by atoms with E-state index in [1.54, 1.807) is 36.4 Å². The van der Waals surface area contributed by atoms with Crippen LogP contribution >= 0.6 is 48.5 Å². The van der Waals surface area contributed by atoms with Crippen LogP contribution in [0.2, 0.25) is 10.0 Å². The van der Waals surface area contributed by atoms with Gasteiger partial charge in [0.05, 0.1) is 0 Å². The molecule has 0 aromatic heterocycles. The van der Waals surface area contributed by atoms with Crippen LogP contribution in [0.5, 0.6) is 0 Å². The maximum absolute atomic E-state index is 5.60. The highest BCUT2D eigenvalue weighted by atomic mass is 35.5. The van der Waals surface area contributed by atoms with Crippen molar-refractivity contribution in [3.63, 3.8) is 0 Å². The molecule has 4 N–H and O–H groups in total. The van der Waals surface area contributed by atoms with Crippen molar-refractivity contribution in [2.45, 2.75) is 9.79 Å². The molecule has 0 heterocycles. The number of thiol groups is 2. The monoisotopic (exact) mass is 318 g/mol. The van der Waals surface area contributed by atoms with Gasteiger partial charge < -0.3 is 11.5 Å². The van der Waals surface area contributed by atoms with Gasteiger partial charge in [0.2, 0.25) is 0 Å². The van der Waals surface area contributed by atoms with E-state index in [0.29, 0.717) is 21.4 Å². The Labute approximate surface area is 127 Å². The number of nitrogens with two attached hydrogens (primary N) is 2. The highest BCUT2D eigenvalue weighted by Gasteiger charge is 1.93. The van der Waals surface area contributed by atoms with Gasteiger partial charge in [0.15, 0.2) is 0 Å². The van der Waals surface area contributed by atoms with E-state index >= 15 is 0 Å². The van der Waals surface area contributed by atoms with Crippen LogP contribution in [0.4, 0.5) is 11.4 Å². The molecule has 0 aliphatic rings. The van der Waals surface area contributed by atoms with Gasteiger partial charge in [0.25, 0.3) is 0 Å². The van der Waals surface area contributed by atoms with Crippen LogP contribution in [0.25, 0.3) is 0 Å². The van der Waals surface area contributed by atoms with Gasteiger partial charge in [0, 0.05) is 31.2 Å². The first kappa shape index (κ1) is 15.4. The molecule has 0 aliphatic carbocycles. The minimum absolute atomic E-state index is 0.617. The minimum atomic E-state index is 0.617. The van der Waals surface area contributed by atoms with Crippen molar-refractivity contribution in [2.75, 3.05) is 11.5 Å². The molecule has 0 saturated heterocycles. The summed E-state index contributed by atoms with van der Waals surface area (Å²) in [5.41, 5.74) is 12.2. The minimum Gasteiger partial charge on any atom is -0.398 e. The second kappa shape index (κ2) is 7.04. The third-order valence-electron chi connectivity index (χ3n) is 1.98. The van der Waals surface area contributed by atoms with Crippen molar-refractivity contribution in [1.29, 1.82) is 0 Å². The smallest absolute Gasteiger partial charge is 0.0464 e.